The molecule has 0 heterocycles. The zero-order valence-corrected chi connectivity index (χ0v) is 13.0. The lowest BCUT2D eigenvalue weighted by Gasteiger charge is -2.11. The smallest absolute Gasteiger partial charge is 0.330 e. The van der Waals surface area contributed by atoms with Crippen molar-refractivity contribution in [1.29, 1.82) is 0 Å². The van der Waals surface area contributed by atoms with Crippen LogP contribution in [0.5, 0.6) is 0 Å². The summed E-state index contributed by atoms with van der Waals surface area (Å²) >= 11 is 0. The second-order valence-corrected chi connectivity index (χ2v) is 4.98. The number of allylic oxidation sites excluding steroid dienone is 1. The average Bonchev–Trinajstić information content (AvgIpc) is 2.56. The number of anilines is 1. The molecule has 2 aromatic rings. The summed E-state index contributed by atoms with van der Waals surface area (Å²) in [6, 6.07) is 17.6. The van der Waals surface area contributed by atoms with Gasteiger partial charge in [0.15, 0.2) is 6.61 Å². The van der Waals surface area contributed by atoms with E-state index in [1.807, 2.05) is 54.6 Å². The van der Waals surface area contributed by atoms with E-state index in [9.17, 15) is 9.59 Å². The van der Waals surface area contributed by atoms with Gasteiger partial charge in [0.2, 0.25) is 0 Å². The molecule has 2 aromatic carbocycles. The molecular formula is C19H19NO3. The Morgan fingerprint density at radius 1 is 1.04 bits per heavy atom. The van der Waals surface area contributed by atoms with E-state index in [0.717, 1.165) is 23.2 Å². The molecule has 0 aromatic heterocycles. The lowest BCUT2D eigenvalue weighted by molar-refractivity contribution is -0.142. The SMILES string of the molecule is C/C=C/C(=O)OCC(=O)Nc1ccccc1Cc1ccccc1. The summed E-state index contributed by atoms with van der Waals surface area (Å²) in [5.41, 5.74) is 2.89. The minimum atomic E-state index is -0.528. The van der Waals surface area contributed by atoms with E-state index in [2.05, 4.69) is 5.32 Å². The predicted molar refractivity (Wildman–Crippen MR) is 90.1 cm³/mol. The maximum absolute atomic E-state index is 11.9. The lowest BCUT2D eigenvalue weighted by atomic mass is 10.0. The molecule has 0 aliphatic heterocycles. The molecule has 0 fully saturated rings. The van der Waals surface area contributed by atoms with Crippen molar-refractivity contribution in [3.8, 4) is 0 Å². The molecular weight excluding hydrogens is 290 g/mol. The molecule has 4 heteroatoms. The Labute approximate surface area is 135 Å². The predicted octanol–water partition coefficient (Wildman–Crippen LogP) is 3.34. The highest BCUT2D eigenvalue weighted by Gasteiger charge is 2.09. The van der Waals surface area contributed by atoms with E-state index in [0.29, 0.717) is 0 Å². The van der Waals surface area contributed by atoms with Crippen molar-refractivity contribution < 1.29 is 14.3 Å². The maximum Gasteiger partial charge on any atom is 0.330 e. The van der Waals surface area contributed by atoms with Gasteiger partial charge < -0.3 is 10.1 Å². The number of amides is 1. The van der Waals surface area contributed by atoms with Crippen LogP contribution in [0, 0.1) is 0 Å². The number of para-hydroxylation sites is 1. The van der Waals surface area contributed by atoms with Gasteiger partial charge >= 0.3 is 5.97 Å². The van der Waals surface area contributed by atoms with E-state index in [4.69, 9.17) is 4.74 Å². The number of carbonyl (C=O) groups excluding carboxylic acids is 2. The Balaban J connectivity index is 2.00. The third-order valence-corrected chi connectivity index (χ3v) is 3.18. The molecule has 0 atom stereocenters. The molecule has 23 heavy (non-hydrogen) atoms. The van der Waals surface area contributed by atoms with Gasteiger partial charge in [-0.1, -0.05) is 54.6 Å². The number of hydrogen-bond donors (Lipinski definition) is 1. The van der Waals surface area contributed by atoms with Crippen LogP contribution < -0.4 is 5.32 Å². The molecule has 0 aliphatic carbocycles. The Bertz CT molecular complexity index is 693. The first kappa shape index (κ1) is 16.5. The highest BCUT2D eigenvalue weighted by atomic mass is 16.5. The molecule has 0 saturated heterocycles. The fraction of sp³-hybridized carbons (Fsp3) is 0.158. The summed E-state index contributed by atoms with van der Waals surface area (Å²) in [5.74, 6) is -0.886. The summed E-state index contributed by atoms with van der Waals surface area (Å²) in [7, 11) is 0. The van der Waals surface area contributed by atoms with Gasteiger partial charge in [-0.2, -0.15) is 0 Å². The van der Waals surface area contributed by atoms with Crippen molar-refractivity contribution in [2.75, 3.05) is 11.9 Å². The molecule has 1 N–H and O–H groups in total. The highest BCUT2D eigenvalue weighted by Crippen LogP contribution is 2.19. The summed E-state index contributed by atoms with van der Waals surface area (Å²) in [6.45, 7) is 1.41. The standard InChI is InChI=1S/C19H19NO3/c1-2-8-19(22)23-14-18(21)20-17-12-7-6-11-16(17)13-15-9-4-3-5-10-15/h2-12H,13-14H2,1H3,(H,20,21)/b8-2+. The Morgan fingerprint density at radius 2 is 1.74 bits per heavy atom. The van der Waals surface area contributed by atoms with Crippen LogP contribution in [0.1, 0.15) is 18.1 Å². The summed E-state index contributed by atoms with van der Waals surface area (Å²) in [4.78, 5) is 23.1. The van der Waals surface area contributed by atoms with Gasteiger partial charge in [-0.3, -0.25) is 4.79 Å². The van der Waals surface area contributed by atoms with Crippen LogP contribution in [0.2, 0.25) is 0 Å². The monoisotopic (exact) mass is 309 g/mol. The van der Waals surface area contributed by atoms with Crippen LogP contribution in [0.15, 0.2) is 66.7 Å². The molecule has 0 unspecified atom stereocenters. The van der Waals surface area contributed by atoms with Gasteiger partial charge in [0.25, 0.3) is 5.91 Å². The first-order valence-electron chi connectivity index (χ1n) is 7.40. The van der Waals surface area contributed by atoms with Crippen LogP contribution in [0.3, 0.4) is 0 Å². The van der Waals surface area contributed by atoms with Gasteiger partial charge in [0, 0.05) is 11.8 Å². The van der Waals surface area contributed by atoms with Crippen LogP contribution in [-0.2, 0) is 20.7 Å². The summed E-state index contributed by atoms with van der Waals surface area (Å²) in [6.07, 6.45) is 3.56. The number of carbonyl (C=O) groups is 2. The van der Waals surface area contributed by atoms with Gasteiger partial charge in [0.05, 0.1) is 0 Å². The molecule has 0 bridgehead atoms. The Kier molecular flexibility index (Phi) is 6.12. The van der Waals surface area contributed by atoms with Crippen molar-refractivity contribution in [3.05, 3.63) is 77.9 Å². The molecule has 2 rings (SSSR count). The minimum absolute atomic E-state index is 0.303. The second-order valence-electron chi connectivity index (χ2n) is 4.98. The van der Waals surface area contributed by atoms with Gasteiger partial charge in [-0.15, -0.1) is 0 Å². The van der Waals surface area contributed by atoms with Gasteiger partial charge in [-0.05, 0) is 30.5 Å². The zero-order chi connectivity index (χ0) is 16.5. The molecule has 118 valence electrons. The van der Waals surface area contributed by atoms with Crippen LogP contribution in [-0.4, -0.2) is 18.5 Å². The number of nitrogens with one attached hydrogen (secondary N) is 1. The quantitative estimate of drug-likeness (QED) is 0.658. The number of hydrogen-bond acceptors (Lipinski definition) is 3. The number of benzene rings is 2. The summed E-state index contributed by atoms with van der Waals surface area (Å²) < 4.78 is 4.84. The first-order valence-corrected chi connectivity index (χ1v) is 7.40. The van der Waals surface area contributed by atoms with Crippen LogP contribution >= 0.6 is 0 Å². The normalized spacial score (nSPS) is 10.5. The third-order valence-electron chi connectivity index (χ3n) is 3.18. The van der Waals surface area contributed by atoms with E-state index in [1.165, 1.54) is 6.08 Å². The van der Waals surface area contributed by atoms with E-state index >= 15 is 0 Å². The topological polar surface area (TPSA) is 55.4 Å². The molecule has 1 amide bonds. The summed E-state index contributed by atoms with van der Waals surface area (Å²) in [5, 5.41) is 2.79. The minimum Gasteiger partial charge on any atom is -0.452 e. The van der Waals surface area contributed by atoms with Crippen molar-refractivity contribution in [2.24, 2.45) is 0 Å². The average molecular weight is 309 g/mol. The van der Waals surface area contributed by atoms with Crippen molar-refractivity contribution in [2.45, 2.75) is 13.3 Å². The molecule has 4 nitrogen and oxygen atoms in total. The fourth-order valence-electron chi connectivity index (χ4n) is 2.12. The lowest BCUT2D eigenvalue weighted by Crippen LogP contribution is -2.20. The highest BCUT2D eigenvalue weighted by molar-refractivity contribution is 5.94. The van der Waals surface area contributed by atoms with Gasteiger partial charge in [0.1, 0.15) is 0 Å². The van der Waals surface area contributed by atoms with Crippen LogP contribution in [0.25, 0.3) is 0 Å². The Hall–Kier alpha value is -2.88. The Morgan fingerprint density at radius 3 is 2.48 bits per heavy atom. The fourth-order valence-corrected chi connectivity index (χ4v) is 2.12. The maximum atomic E-state index is 11.9. The zero-order valence-electron chi connectivity index (χ0n) is 13.0. The van der Waals surface area contributed by atoms with Crippen LogP contribution in [0.4, 0.5) is 5.69 Å². The number of esters is 1. The molecule has 0 saturated carbocycles. The largest absolute Gasteiger partial charge is 0.452 e. The van der Waals surface area contributed by atoms with Crippen molar-refractivity contribution >= 4 is 17.6 Å². The number of ether oxygens (including phenoxy) is 1. The molecule has 0 aliphatic rings. The molecule has 0 spiro atoms. The molecule has 0 radical (unpaired) electrons. The number of rotatable bonds is 6. The second kappa shape index (κ2) is 8.54. The van der Waals surface area contributed by atoms with E-state index < -0.39 is 5.97 Å². The van der Waals surface area contributed by atoms with Gasteiger partial charge in [-0.25, -0.2) is 4.79 Å². The van der Waals surface area contributed by atoms with Crippen molar-refractivity contribution in [3.63, 3.8) is 0 Å². The van der Waals surface area contributed by atoms with E-state index in [1.54, 1.807) is 13.0 Å². The van der Waals surface area contributed by atoms with Crippen molar-refractivity contribution in [1.82, 2.24) is 0 Å². The van der Waals surface area contributed by atoms with E-state index in [-0.39, 0.29) is 12.5 Å². The third kappa shape index (κ3) is 5.43. The first-order chi connectivity index (χ1) is 11.2.